The number of esters is 1. The Labute approximate surface area is 226 Å². The third kappa shape index (κ3) is 6.34. The van der Waals surface area contributed by atoms with Crippen LogP contribution in [0.2, 0.25) is 0 Å². The van der Waals surface area contributed by atoms with Crippen molar-refractivity contribution in [3.05, 3.63) is 61.0 Å². The van der Waals surface area contributed by atoms with Gasteiger partial charge in [-0.15, -0.1) is 0 Å². The van der Waals surface area contributed by atoms with Crippen molar-refractivity contribution >= 4 is 54.9 Å². The van der Waals surface area contributed by atoms with Crippen molar-refractivity contribution in [2.24, 2.45) is 5.10 Å². The van der Waals surface area contributed by atoms with Crippen molar-refractivity contribution in [3.63, 3.8) is 0 Å². The fourth-order valence-electron chi connectivity index (χ4n) is 3.43. The SMILES string of the molecule is CCOC(=O)[C@@H](C)Oc1c(Br)cc(C=Nn2c([C@H](C)CC)nc3ccc(Br)cc3c2=O)cc1OCC. The van der Waals surface area contributed by atoms with Crippen molar-refractivity contribution < 1.29 is 19.0 Å². The molecule has 1 aromatic heterocycles. The minimum atomic E-state index is -0.820. The van der Waals surface area contributed by atoms with Crippen molar-refractivity contribution in [2.75, 3.05) is 13.2 Å². The molecule has 0 aliphatic rings. The summed E-state index contributed by atoms with van der Waals surface area (Å²) in [5.41, 5.74) is 1.04. The van der Waals surface area contributed by atoms with Crippen molar-refractivity contribution in [2.45, 2.75) is 53.1 Å². The Morgan fingerprint density at radius 3 is 2.56 bits per heavy atom. The molecular weight excluding hydrogens is 594 g/mol. The Kier molecular flexibility index (Phi) is 9.67. The van der Waals surface area contributed by atoms with Crippen LogP contribution in [0.15, 0.2) is 49.2 Å². The van der Waals surface area contributed by atoms with Gasteiger partial charge in [0.25, 0.3) is 5.56 Å². The second kappa shape index (κ2) is 12.5. The van der Waals surface area contributed by atoms with E-state index in [0.717, 1.165) is 10.9 Å². The molecule has 0 amide bonds. The van der Waals surface area contributed by atoms with E-state index in [4.69, 9.17) is 19.2 Å². The van der Waals surface area contributed by atoms with Crippen molar-refractivity contribution in [1.82, 2.24) is 9.66 Å². The maximum Gasteiger partial charge on any atom is 0.347 e. The smallest absolute Gasteiger partial charge is 0.347 e. The summed E-state index contributed by atoms with van der Waals surface area (Å²) in [6.07, 6.45) is 1.55. The maximum absolute atomic E-state index is 13.4. The second-order valence-electron chi connectivity index (χ2n) is 8.08. The van der Waals surface area contributed by atoms with Crippen LogP contribution in [-0.2, 0) is 9.53 Å². The monoisotopic (exact) mass is 621 g/mol. The zero-order chi connectivity index (χ0) is 26.4. The molecule has 0 fully saturated rings. The number of rotatable bonds is 10. The second-order valence-corrected chi connectivity index (χ2v) is 9.85. The molecule has 2 atom stereocenters. The molecule has 0 N–H and O–H groups in total. The number of ether oxygens (including phenoxy) is 3. The van der Waals surface area contributed by atoms with Gasteiger partial charge in [0.2, 0.25) is 0 Å². The van der Waals surface area contributed by atoms with E-state index >= 15 is 0 Å². The average molecular weight is 623 g/mol. The van der Waals surface area contributed by atoms with Gasteiger partial charge in [-0.05, 0) is 79.0 Å². The number of fused-ring (bicyclic) bond motifs is 1. The normalized spacial score (nSPS) is 13.1. The van der Waals surface area contributed by atoms with E-state index in [2.05, 4.69) is 37.0 Å². The molecule has 192 valence electrons. The van der Waals surface area contributed by atoms with Crippen molar-refractivity contribution in [1.29, 1.82) is 0 Å². The molecule has 8 nitrogen and oxygen atoms in total. The number of aromatic nitrogens is 2. The molecule has 0 radical (unpaired) electrons. The van der Waals surface area contributed by atoms with Gasteiger partial charge in [0.15, 0.2) is 17.6 Å². The Hall–Kier alpha value is -2.72. The van der Waals surface area contributed by atoms with E-state index in [9.17, 15) is 9.59 Å². The molecule has 0 unspecified atom stereocenters. The molecule has 10 heteroatoms. The number of hydrogen-bond donors (Lipinski definition) is 0. The molecule has 1 heterocycles. The predicted octanol–water partition coefficient (Wildman–Crippen LogP) is 6.05. The van der Waals surface area contributed by atoms with Gasteiger partial charge in [0.1, 0.15) is 5.82 Å². The van der Waals surface area contributed by atoms with Gasteiger partial charge in [0, 0.05) is 10.4 Å². The summed E-state index contributed by atoms with van der Waals surface area (Å²) in [5.74, 6) is 0.947. The number of carbonyl (C=O) groups excluding carboxylic acids is 1. The summed E-state index contributed by atoms with van der Waals surface area (Å²) in [7, 11) is 0. The highest BCUT2D eigenvalue weighted by molar-refractivity contribution is 9.10. The van der Waals surface area contributed by atoms with Crippen LogP contribution >= 0.6 is 31.9 Å². The summed E-state index contributed by atoms with van der Waals surface area (Å²) in [5, 5.41) is 4.99. The van der Waals surface area contributed by atoms with Crippen LogP contribution in [0.1, 0.15) is 58.3 Å². The summed E-state index contributed by atoms with van der Waals surface area (Å²) in [4.78, 5) is 30.1. The largest absolute Gasteiger partial charge is 0.490 e. The van der Waals surface area contributed by atoms with Gasteiger partial charge in [-0.1, -0.05) is 29.8 Å². The van der Waals surface area contributed by atoms with Crippen LogP contribution in [0.3, 0.4) is 0 Å². The first kappa shape index (κ1) is 27.9. The van der Waals surface area contributed by atoms with Crippen LogP contribution in [0, 0.1) is 0 Å². The molecule has 3 aromatic rings. The predicted molar refractivity (Wildman–Crippen MR) is 147 cm³/mol. The summed E-state index contributed by atoms with van der Waals surface area (Å²) in [6.45, 7) is 9.91. The van der Waals surface area contributed by atoms with E-state index < -0.39 is 12.1 Å². The molecule has 3 rings (SSSR count). The molecule has 0 aliphatic carbocycles. The van der Waals surface area contributed by atoms with E-state index in [1.54, 1.807) is 38.3 Å². The number of nitrogens with zero attached hydrogens (tertiary/aromatic N) is 3. The number of carbonyl (C=O) groups is 1. The van der Waals surface area contributed by atoms with E-state index in [1.165, 1.54) is 4.68 Å². The highest BCUT2D eigenvalue weighted by Gasteiger charge is 2.21. The number of hydrogen-bond acceptors (Lipinski definition) is 7. The molecule has 0 aliphatic heterocycles. The first-order chi connectivity index (χ1) is 17.2. The van der Waals surface area contributed by atoms with Gasteiger partial charge >= 0.3 is 5.97 Å². The van der Waals surface area contributed by atoms with E-state index in [-0.39, 0.29) is 18.1 Å². The highest BCUT2D eigenvalue weighted by Crippen LogP contribution is 2.37. The Balaban J connectivity index is 2.06. The Bertz CT molecular complexity index is 1340. The third-order valence-electron chi connectivity index (χ3n) is 5.45. The molecule has 0 spiro atoms. The van der Waals surface area contributed by atoms with Gasteiger partial charge in [-0.25, -0.2) is 9.78 Å². The summed E-state index contributed by atoms with van der Waals surface area (Å²) < 4.78 is 19.4. The lowest BCUT2D eigenvalue weighted by molar-refractivity contribution is -0.150. The van der Waals surface area contributed by atoms with Gasteiger partial charge in [-0.2, -0.15) is 9.78 Å². The van der Waals surface area contributed by atoms with E-state index in [0.29, 0.717) is 44.9 Å². The van der Waals surface area contributed by atoms with Crippen LogP contribution in [0.4, 0.5) is 0 Å². The fraction of sp³-hybridized carbons (Fsp3) is 0.385. The van der Waals surface area contributed by atoms with Crippen LogP contribution in [-0.4, -0.2) is 41.2 Å². The zero-order valence-electron chi connectivity index (χ0n) is 20.9. The summed E-state index contributed by atoms with van der Waals surface area (Å²) in [6, 6.07) is 8.95. The fourth-order valence-corrected chi connectivity index (χ4v) is 4.34. The summed E-state index contributed by atoms with van der Waals surface area (Å²) >= 11 is 6.94. The molecule has 0 bridgehead atoms. The minimum Gasteiger partial charge on any atom is -0.490 e. The zero-order valence-corrected chi connectivity index (χ0v) is 24.1. The molecule has 0 saturated carbocycles. The standard InChI is InChI=1S/C26H29Br2N3O5/c1-6-15(4)24-30-21-10-9-18(27)13-19(21)25(32)31(24)29-14-17-11-20(28)23(22(12-17)34-7-2)36-16(5)26(33)35-8-3/h9-16H,6-8H2,1-5H3/t15-,16-/m1/s1. The lowest BCUT2D eigenvalue weighted by Crippen LogP contribution is -2.26. The number of halogens is 2. The first-order valence-electron chi connectivity index (χ1n) is 11.8. The Morgan fingerprint density at radius 1 is 1.14 bits per heavy atom. The van der Waals surface area contributed by atoms with E-state index in [1.807, 2.05) is 32.9 Å². The molecular formula is C26H29Br2N3O5. The highest BCUT2D eigenvalue weighted by atomic mass is 79.9. The minimum absolute atomic E-state index is 0.0220. The molecule has 36 heavy (non-hydrogen) atoms. The number of benzene rings is 2. The average Bonchev–Trinajstić information content (AvgIpc) is 2.85. The third-order valence-corrected chi connectivity index (χ3v) is 6.54. The van der Waals surface area contributed by atoms with Gasteiger partial charge in [-0.3, -0.25) is 4.79 Å². The van der Waals surface area contributed by atoms with Gasteiger partial charge < -0.3 is 14.2 Å². The van der Waals surface area contributed by atoms with Gasteiger partial charge in [0.05, 0.1) is 34.8 Å². The lowest BCUT2D eigenvalue weighted by atomic mass is 10.1. The quantitative estimate of drug-likeness (QED) is 0.202. The lowest BCUT2D eigenvalue weighted by Gasteiger charge is -2.18. The Morgan fingerprint density at radius 2 is 1.89 bits per heavy atom. The van der Waals surface area contributed by atoms with Crippen LogP contribution in [0.5, 0.6) is 11.5 Å². The molecule has 0 saturated heterocycles. The van der Waals surface area contributed by atoms with Crippen LogP contribution < -0.4 is 15.0 Å². The first-order valence-corrected chi connectivity index (χ1v) is 13.3. The maximum atomic E-state index is 13.4. The molecule has 2 aromatic carbocycles. The van der Waals surface area contributed by atoms with Crippen LogP contribution in [0.25, 0.3) is 10.9 Å². The van der Waals surface area contributed by atoms with Crippen molar-refractivity contribution in [3.8, 4) is 11.5 Å². The topological polar surface area (TPSA) is 92.0 Å².